The van der Waals surface area contributed by atoms with Gasteiger partial charge in [0.15, 0.2) is 0 Å². The Balaban J connectivity index is 0.000000325. The predicted octanol–water partition coefficient (Wildman–Crippen LogP) is 8.81. The van der Waals surface area contributed by atoms with E-state index < -0.39 is 5.97 Å². The van der Waals surface area contributed by atoms with Crippen LogP contribution in [0.5, 0.6) is 0 Å². The Hall–Kier alpha value is -2.50. The van der Waals surface area contributed by atoms with Gasteiger partial charge in [-0.2, -0.15) is 0 Å². The van der Waals surface area contributed by atoms with Crippen molar-refractivity contribution >= 4 is 34.2 Å². The van der Waals surface area contributed by atoms with Crippen LogP contribution in [0.1, 0.15) is 83.8 Å². The summed E-state index contributed by atoms with van der Waals surface area (Å²) in [7, 11) is 0. The zero-order valence-electron chi connectivity index (χ0n) is 23.1. The van der Waals surface area contributed by atoms with Gasteiger partial charge in [-0.05, 0) is 68.5 Å². The first-order chi connectivity index (χ1) is 17.9. The number of aromatic amines is 1. The van der Waals surface area contributed by atoms with Gasteiger partial charge in [-0.3, -0.25) is 9.69 Å². The number of carboxylic acid groups (broad SMARTS) is 1. The molecule has 0 amide bonds. The maximum Gasteiger partial charge on any atom is 0.303 e. The van der Waals surface area contributed by atoms with E-state index in [1.165, 1.54) is 56.7 Å². The van der Waals surface area contributed by atoms with Crippen LogP contribution in [-0.2, 0) is 11.2 Å². The summed E-state index contributed by atoms with van der Waals surface area (Å²) in [5, 5.41) is 9.62. The number of H-pyrrole nitrogens is 1. The Kier molecular flexibility index (Phi) is 11.8. The third-order valence-electron chi connectivity index (χ3n) is 7.05. The van der Waals surface area contributed by atoms with Gasteiger partial charge in [0.25, 0.3) is 0 Å². The smallest absolute Gasteiger partial charge is 0.303 e. The van der Waals surface area contributed by atoms with Gasteiger partial charge in [-0.25, -0.2) is 0 Å². The molecular formula is C32H44N2O2S. The summed E-state index contributed by atoms with van der Waals surface area (Å²) in [6.07, 6.45) is 12.7. The van der Waals surface area contributed by atoms with E-state index in [-0.39, 0.29) is 0 Å². The number of fused-ring (bicyclic) bond motifs is 1. The van der Waals surface area contributed by atoms with Crippen LogP contribution in [0, 0.1) is 0 Å². The van der Waals surface area contributed by atoms with Crippen molar-refractivity contribution in [2.75, 3.05) is 13.1 Å². The molecule has 5 heteroatoms. The van der Waals surface area contributed by atoms with E-state index in [0.717, 1.165) is 38.8 Å². The molecule has 0 aliphatic carbocycles. The van der Waals surface area contributed by atoms with Crippen molar-refractivity contribution in [1.82, 2.24) is 9.88 Å². The number of benzene rings is 2. The molecule has 0 atom stereocenters. The molecule has 2 N–H and O–H groups in total. The molecule has 1 aliphatic heterocycles. The second kappa shape index (κ2) is 15.0. The van der Waals surface area contributed by atoms with E-state index >= 15 is 0 Å². The van der Waals surface area contributed by atoms with Crippen molar-refractivity contribution in [2.45, 2.75) is 94.9 Å². The highest BCUT2D eigenvalue weighted by Crippen LogP contribution is 2.36. The summed E-state index contributed by atoms with van der Waals surface area (Å²) in [5.41, 5.74) is 5.50. The highest BCUT2D eigenvalue weighted by Gasteiger charge is 2.17. The fourth-order valence-corrected chi connectivity index (χ4v) is 5.79. The van der Waals surface area contributed by atoms with Gasteiger partial charge in [0, 0.05) is 58.0 Å². The third-order valence-corrected chi connectivity index (χ3v) is 8.15. The van der Waals surface area contributed by atoms with Crippen molar-refractivity contribution in [3.8, 4) is 0 Å². The molecule has 0 radical (unpaired) electrons. The average molecular weight is 521 g/mol. The Morgan fingerprint density at radius 3 is 2.54 bits per heavy atom. The molecule has 1 aliphatic rings. The van der Waals surface area contributed by atoms with Crippen LogP contribution in [0.3, 0.4) is 0 Å². The lowest BCUT2D eigenvalue weighted by atomic mass is 9.98. The summed E-state index contributed by atoms with van der Waals surface area (Å²) < 4.78 is 0. The van der Waals surface area contributed by atoms with Gasteiger partial charge >= 0.3 is 5.97 Å². The average Bonchev–Trinajstić information content (AvgIpc) is 3.32. The van der Waals surface area contributed by atoms with E-state index in [2.05, 4.69) is 92.3 Å². The van der Waals surface area contributed by atoms with Crippen molar-refractivity contribution in [1.29, 1.82) is 0 Å². The molecule has 2 aromatic carbocycles. The number of aromatic nitrogens is 1. The third kappa shape index (κ3) is 8.79. The summed E-state index contributed by atoms with van der Waals surface area (Å²) in [6.45, 7) is 11.1. The first kappa shape index (κ1) is 29.1. The number of carbonyl (C=O) groups is 1. The van der Waals surface area contributed by atoms with E-state index in [4.69, 9.17) is 5.11 Å². The molecule has 0 bridgehead atoms. The summed E-state index contributed by atoms with van der Waals surface area (Å²) >= 11 is 1.88. The van der Waals surface area contributed by atoms with Gasteiger partial charge in [-0.15, -0.1) is 0 Å². The summed E-state index contributed by atoms with van der Waals surface area (Å²) in [4.78, 5) is 18.7. The Morgan fingerprint density at radius 2 is 1.86 bits per heavy atom. The van der Waals surface area contributed by atoms with E-state index in [1.807, 2.05) is 11.8 Å². The van der Waals surface area contributed by atoms with Gasteiger partial charge < -0.3 is 10.1 Å². The van der Waals surface area contributed by atoms with Crippen molar-refractivity contribution in [2.24, 2.45) is 0 Å². The molecule has 0 spiro atoms. The molecule has 1 aromatic heterocycles. The maximum atomic E-state index is 10.0. The molecule has 0 saturated carbocycles. The normalized spacial score (nSPS) is 13.9. The largest absolute Gasteiger partial charge is 0.481 e. The molecule has 37 heavy (non-hydrogen) atoms. The van der Waals surface area contributed by atoms with E-state index in [1.54, 1.807) is 0 Å². The lowest BCUT2D eigenvalue weighted by Gasteiger charge is -2.29. The summed E-state index contributed by atoms with van der Waals surface area (Å²) in [6, 6.07) is 16.2. The number of hydrogen-bond acceptors (Lipinski definition) is 3. The van der Waals surface area contributed by atoms with Crippen molar-refractivity contribution < 1.29 is 9.90 Å². The standard InChI is InChI=1S/C24H28N2S.C8H16O2/c1-4-18-7-5-6-8-24(18)27-20-9-10-23-21(15-20)22(16-25-23)19-11-13-26(14-12-19)17(2)3;1-2-3-4-5-6-7-8(9)10/h5-11,15-17,25H,4,12-14H2,1-3H3;2-7H2,1H3,(H,9,10). The molecule has 2 heterocycles. The zero-order valence-corrected chi connectivity index (χ0v) is 23.9. The Labute approximate surface area is 227 Å². The van der Waals surface area contributed by atoms with Crippen molar-refractivity contribution in [3.63, 3.8) is 0 Å². The first-order valence-electron chi connectivity index (χ1n) is 13.9. The number of aryl methyl sites for hydroxylation is 1. The zero-order chi connectivity index (χ0) is 26.6. The lowest BCUT2D eigenvalue weighted by molar-refractivity contribution is -0.137. The number of carboxylic acids is 1. The van der Waals surface area contributed by atoms with Crippen LogP contribution in [0.4, 0.5) is 0 Å². The first-order valence-corrected chi connectivity index (χ1v) is 14.8. The number of rotatable bonds is 11. The van der Waals surface area contributed by atoms with Crippen molar-refractivity contribution in [3.05, 3.63) is 65.9 Å². The highest BCUT2D eigenvalue weighted by atomic mass is 32.2. The Bertz CT molecular complexity index is 1160. The predicted molar refractivity (Wildman–Crippen MR) is 159 cm³/mol. The SMILES string of the molecule is CCCCCCCC(=O)O.CCc1ccccc1Sc1ccc2[nH]cc(C3=CCN(C(C)C)CC3)c2c1. The fraction of sp³-hybridized carbons (Fsp3) is 0.469. The molecule has 200 valence electrons. The van der Waals surface area contributed by atoms with Gasteiger partial charge in [0.2, 0.25) is 0 Å². The minimum atomic E-state index is -0.670. The second-order valence-electron chi connectivity index (χ2n) is 10.1. The fourth-order valence-electron chi connectivity index (χ4n) is 4.73. The number of unbranched alkanes of at least 4 members (excludes halogenated alkanes) is 4. The quantitative estimate of drug-likeness (QED) is 0.248. The van der Waals surface area contributed by atoms with Gasteiger partial charge in [0.1, 0.15) is 0 Å². The molecule has 0 fully saturated rings. The number of nitrogens with one attached hydrogen (secondary N) is 1. The van der Waals surface area contributed by atoms with Gasteiger partial charge in [-0.1, -0.05) is 75.6 Å². The number of nitrogens with zero attached hydrogens (tertiary/aromatic N) is 1. The van der Waals surface area contributed by atoms with Gasteiger partial charge in [0.05, 0.1) is 0 Å². The van der Waals surface area contributed by atoms with Crippen LogP contribution >= 0.6 is 11.8 Å². The van der Waals surface area contributed by atoms with Crippen LogP contribution in [0.2, 0.25) is 0 Å². The number of hydrogen-bond donors (Lipinski definition) is 2. The lowest BCUT2D eigenvalue weighted by Crippen LogP contribution is -2.34. The van der Waals surface area contributed by atoms with Crippen LogP contribution in [0.25, 0.3) is 16.5 Å². The minimum absolute atomic E-state index is 0.337. The molecule has 0 unspecified atom stereocenters. The van der Waals surface area contributed by atoms with Crippen LogP contribution in [-0.4, -0.2) is 40.1 Å². The molecule has 4 nitrogen and oxygen atoms in total. The van der Waals surface area contributed by atoms with E-state index in [9.17, 15) is 4.79 Å². The molecule has 3 aromatic rings. The number of aliphatic carboxylic acids is 1. The molecule has 0 saturated heterocycles. The monoisotopic (exact) mass is 520 g/mol. The molecular weight excluding hydrogens is 476 g/mol. The van der Waals surface area contributed by atoms with Crippen LogP contribution < -0.4 is 0 Å². The highest BCUT2D eigenvalue weighted by molar-refractivity contribution is 7.99. The van der Waals surface area contributed by atoms with E-state index in [0.29, 0.717) is 12.5 Å². The summed E-state index contributed by atoms with van der Waals surface area (Å²) in [5.74, 6) is -0.670. The van der Waals surface area contributed by atoms with Crippen LogP contribution in [0.15, 0.2) is 64.5 Å². The maximum absolute atomic E-state index is 10.0. The molecule has 4 rings (SSSR count). The topological polar surface area (TPSA) is 56.3 Å². The second-order valence-corrected chi connectivity index (χ2v) is 11.2. The minimum Gasteiger partial charge on any atom is -0.481 e. The Morgan fingerprint density at radius 1 is 1.08 bits per heavy atom.